The summed E-state index contributed by atoms with van der Waals surface area (Å²) in [6.07, 6.45) is 0. The fraction of sp³-hybridized carbons (Fsp3) is 0.556. The number of amides is 2. The van der Waals surface area contributed by atoms with Gasteiger partial charge >= 0.3 is 0 Å². The van der Waals surface area contributed by atoms with Gasteiger partial charge in [-0.25, -0.2) is 0 Å². The van der Waals surface area contributed by atoms with Crippen molar-refractivity contribution < 1.29 is 14.3 Å². The molecule has 1 aromatic rings. The number of ether oxygens (including phenoxy) is 1. The van der Waals surface area contributed by atoms with Gasteiger partial charge in [-0.05, 0) is 45.0 Å². The zero-order valence-corrected chi connectivity index (χ0v) is 16.6. The maximum atomic E-state index is 12.2. The summed E-state index contributed by atoms with van der Waals surface area (Å²) < 4.78 is 6.50. The standard InChI is InChI=1S/C18H26BrN3O3/c1-18(2,3)20-16(23)12-21-8-10-22(11-9-21)17(24)13-25-15-6-4-14(19)5-7-15/h4-7H,8-13H2,1-3H3,(H,20,23). The fourth-order valence-corrected chi connectivity index (χ4v) is 2.85. The van der Waals surface area contributed by atoms with Crippen molar-refractivity contribution in [3.8, 4) is 5.75 Å². The molecule has 0 aliphatic carbocycles. The maximum absolute atomic E-state index is 12.2. The normalized spacial score (nSPS) is 15.8. The smallest absolute Gasteiger partial charge is 0.260 e. The second-order valence-electron chi connectivity index (χ2n) is 7.20. The molecule has 1 aliphatic rings. The number of hydrogen-bond acceptors (Lipinski definition) is 4. The lowest BCUT2D eigenvalue weighted by atomic mass is 10.1. The van der Waals surface area contributed by atoms with Crippen LogP contribution >= 0.6 is 15.9 Å². The molecular weight excluding hydrogens is 386 g/mol. The molecule has 0 aromatic heterocycles. The molecule has 0 unspecified atom stereocenters. The van der Waals surface area contributed by atoms with Crippen molar-refractivity contribution in [1.29, 1.82) is 0 Å². The molecule has 2 amide bonds. The van der Waals surface area contributed by atoms with Crippen LogP contribution in [-0.4, -0.2) is 66.5 Å². The summed E-state index contributed by atoms with van der Waals surface area (Å²) in [5, 5.41) is 2.96. The van der Waals surface area contributed by atoms with E-state index < -0.39 is 0 Å². The second kappa shape index (κ2) is 8.67. The van der Waals surface area contributed by atoms with Crippen LogP contribution in [0.5, 0.6) is 5.75 Å². The third-order valence-electron chi connectivity index (χ3n) is 3.78. The first-order valence-corrected chi connectivity index (χ1v) is 9.22. The van der Waals surface area contributed by atoms with Gasteiger partial charge in [-0.1, -0.05) is 15.9 Å². The molecule has 0 atom stereocenters. The molecule has 0 bridgehead atoms. The van der Waals surface area contributed by atoms with Crippen molar-refractivity contribution >= 4 is 27.7 Å². The van der Waals surface area contributed by atoms with Crippen molar-refractivity contribution in [2.45, 2.75) is 26.3 Å². The van der Waals surface area contributed by atoms with Crippen LogP contribution in [0.15, 0.2) is 28.7 Å². The van der Waals surface area contributed by atoms with Crippen molar-refractivity contribution in [3.63, 3.8) is 0 Å². The molecule has 0 spiro atoms. The summed E-state index contributed by atoms with van der Waals surface area (Å²) in [6, 6.07) is 7.40. The highest BCUT2D eigenvalue weighted by atomic mass is 79.9. The Balaban J connectivity index is 1.71. The first-order chi connectivity index (χ1) is 11.7. The molecule has 25 heavy (non-hydrogen) atoms. The van der Waals surface area contributed by atoms with Gasteiger partial charge in [-0.2, -0.15) is 0 Å². The van der Waals surface area contributed by atoms with Crippen LogP contribution in [0.3, 0.4) is 0 Å². The number of nitrogens with one attached hydrogen (secondary N) is 1. The van der Waals surface area contributed by atoms with E-state index in [1.54, 1.807) is 4.90 Å². The Morgan fingerprint density at radius 1 is 1.12 bits per heavy atom. The quantitative estimate of drug-likeness (QED) is 0.803. The molecule has 0 radical (unpaired) electrons. The largest absolute Gasteiger partial charge is 0.484 e. The van der Waals surface area contributed by atoms with Crippen LogP contribution in [0.4, 0.5) is 0 Å². The van der Waals surface area contributed by atoms with Crippen LogP contribution in [0.1, 0.15) is 20.8 Å². The highest BCUT2D eigenvalue weighted by Crippen LogP contribution is 2.16. The summed E-state index contributed by atoms with van der Waals surface area (Å²) in [4.78, 5) is 28.1. The third kappa shape index (κ3) is 7.04. The van der Waals surface area contributed by atoms with Gasteiger partial charge < -0.3 is 15.0 Å². The minimum absolute atomic E-state index is 0.0193. The molecule has 1 aromatic carbocycles. The van der Waals surface area contributed by atoms with E-state index in [4.69, 9.17) is 4.74 Å². The minimum Gasteiger partial charge on any atom is -0.484 e. The third-order valence-corrected chi connectivity index (χ3v) is 4.31. The lowest BCUT2D eigenvalue weighted by Gasteiger charge is -2.34. The predicted octanol–water partition coefficient (Wildman–Crippen LogP) is 1.89. The summed E-state index contributed by atoms with van der Waals surface area (Å²) in [7, 11) is 0. The zero-order chi connectivity index (χ0) is 18.4. The molecule has 1 N–H and O–H groups in total. The molecule has 1 fully saturated rings. The van der Waals surface area contributed by atoms with Crippen LogP contribution in [-0.2, 0) is 9.59 Å². The summed E-state index contributed by atoms with van der Waals surface area (Å²) in [5.74, 6) is 0.668. The van der Waals surface area contributed by atoms with Crippen LogP contribution < -0.4 is 10.1 Å². The van der Waals surface area contributed by atoms with E-state index in [0.29, 0.717) is 38.5 Å². The number of nitrogens with zero attached hydrogens (tertiary/aromatic N) is 2. The molecule has 7 heteroatoms. The molecule has 0 saturated carbocycles. The number of piperazine rings is 1. The molecule has 1 saturated heterocycles. The van der Waals surface area contributed by atoms with Crippen molar-refractivity contribution in [1.82, 2.24) is 15.1 Å². The fourth-order valence-electron chi connectivity index (χ4n) is 2.58. The minimum atomic E-state index is -0.223. The van der Waals surface area contributed by atoms with Gasteiger partial charge in [0, 0.05) is 36.2 Å². The van der Waals surface area contributed by atoms with E-state index in [2.05, 4.69) is 26.1 Å². The Labute approximate surface area is 157 Å². The van der Waals surface area contributed by atoms with Gasteiger partial charge in [0.15, 0.2) is 6.61 Å². The van der Waals surface area contributed by atoms with E-state index >= 15 is 0 Å². The van der Waals surface area contributed by atoms with E-state index in [-0.39, 0.29) is 24.0 Å². The Morgan fingerprint density at radius 2 is 1.72 bits per heavy atom. The van der Waals surface area contributed by atoms with E-state index in [1.807, 2.05) is 45.0 Å². The van der Waals surface area contributed by atoms with E-state index in [1.165, 1.54) is 0 Å². The average molecular weight is 412 g/mol. The zero-order valence-electron chi connectivity index (χ0n) is 15.0. The molecule has 1 aliphatic heterocycles. The summed E-state index contributed by atoms with van der Waals surface area (Å²) >= 11 is 3.36. The average Bonchev–Trinajstić information content (AvgIpc) is 2.53. The van der Waals surface area contributed by atoms with Gasteiger partial charge in [-0.3, -0.25) is 14.5 Å². The second-order valence-corrected chi connectivity index (χ2v) is 8.11. The Bertz CT molecular complexity index is 591. The topological polar surface area (TPSA) is 61.9 Å². The van der Waals surface area contributed by atoms with Gasteiger partial charge in [0.25, 0.3) is 5.91 Å². The van der Waals surface area contributed by atoms with Crippen molar-refractivity contribution in [3.05, 3.63) is 28.7 Å². The lowest BCUT2D eigenvalue weighted by Crippen LogP contribution is -2.53. The van der Waals surface area contributed by atoms with Gasteiger partial charge in [0.1, 0.15) is 5.75 Å². The number of carbonyl (C=O) groups excluding carboxylic acids is 2. The van der Waals surface area contributed by atoms with E-state index in [9.17, 15) is 9.59 Å². The van der Waals surface area contributed by atoms with Crippen molar-refractivity contribution in [2.24, 2.45) is 0 Å². The molecule has 138 valence electrons. The number of carbonyl (C=O) groups is 2. The van der Waals surface area contributed by atoms with Crippen LogP contribution in [0.2, 0.25) is 0 Å². The number of hydrogen-bond donors (Lipinski definition) is 1. The number of rotatable bonds is 5. The molecule has 6 nitrogen and oxygen atoms in total. The van der Waals surface area contributed by atoms with Crippen molar-refractivity contribution in [2.75, 3.05) is 39.3 Å². The SMILES string of the molecule is CC(C)(C)NC(=O)CN1CCN(C(=O)COc2ccc(Br)cc2)CC1. The van der Waals surface area contributed by atoms with E-state index in [0.717, 1.165) is 4.47 Å². The lowest BCUT2D eigenvalue weighted by molar-refractivity contribution is -0.135. The van der Waals surface area contributed by atoms with Gasteiger partial charge in [-0.15, -0.1) is 0 Å². The summed E-state index contributed by atoms with van der Waals surface area (Å²) in [6.45, 7) is 8.92. The monoisotopic (exact) mass is 411 g/mol. The highest BCUT2D eigenvalue weighted by Gasteiger charge is 2.23. The Hall–Kier alpha value is -1.60. The first kappa shape index (κ1) is 19.7. The summed E-state index contributed by atoms with van der Waals surface area (Å²) in [5.41, 5.74) is -0.223. The number of halogens is 1. The predicted molar refractivity (Wildman–Crippen MR) is 101 cm³/mol. The first-order valence-electron chi connectivity index (χ1n) is 8.42. The molecule has 1 heterocycles. The number of benzene rings is 1. The van der Waals surface area contributed by atoms with Crippen LogP contribution in [0, 0.1) is 0 Å². The molecular formula is C18H26BrN3O3. The Morgan fingerprint density at radius 3 is 2.28 bits per heavy atom. The Kier molecular flexibility index (Phi) is 6.84. The van der Waals surface area contributed by atoms with Gasteiger partial charge in [0.05, 0.1) is 6.54 Å². The molecule has 2 rings (SSSR count). The highest BCUT2D eigenvalue weighted by molar-refractivity contribution is 9.10. The maximum Gasteiger partial charge on any atom is 0.260 e. The van der Waals surface area contributed by atoms with Gasteiger partial charge in [0.2, 0.25) is 5.91 Å². The van der Waals surface area contributed by atoms with Crippen LogP contribution in [0.25, 0.3) is 0 Å².